The van der Waals surface area contributed by atoms with Gasteiger partial charge >= 0.3 is 48.1 Å². The molecule has 32 heteroatoms. The minimum atomic E-state index is -7.81. The number of hydrogen-bond donors (Lipinski definition) is 4. The molecule has 0 saturated heterocycles. The summed E-state index contributed by atoms with van der Waals surface area (Å²) in [7, 11) is 0. The van der Waals surface area contributed by atoms with Gasteiger partial charge in [0, 0.05) is 21.3 Å². The predicted octanol–water partition coefficient (Wildman–Crippen LogP) is 9.21. The van der Waals surface area contributed by atoms with Crippen molar-refractivity contribution in [1.82, 2.24) is 40.5 Å². The van der Waals surface area contributed by atoms with Crippen molar-refractivity contribution in [2.75, 3.05) is 10.6 Å². The number of carbonyl (C=O) groups is 2. The van der Waals surface area contributed by atoms with Crippen molar-refractivity contribution in [3.63, 3.8) is 0 Å². The van der Waals surface area contributed by atoms with E-state index in [9.17, 15) is 84.2 Å². The molecule has 2 atom stereocenters. The van der Waals surface area contributed by atoms with Gasteiger partial charge in [-0.3, -0.25) is 9.59 Å². The maximum Gasteiger partial charge on any atom is 0.457 e. The lowest BCUT2D eigenvalue weighted by molar-refractivity contribution is -0.414. The summed E-state index contributed by atoms with van der Waals surface area (Å²) < 4.78 is 231. The standard InChI is InChI=1S/C17H9BrClF12N5O.C14H11BrF5N5O/c18-6-1-2-8(32-3-6)9(37)36-11(35-7-4-33-12(19)34-5-7)14(24,25)16(28,29)17(30,31)15(26,27)13(22,23)10(20)21;1-7-21-5-9(6-22-7)24-12(13(16,17)14(18,19)20)25-11(26)10-3-2-8(15)4-23-10/h1-5,10-11,35H,(H,36,37);2-6,12,24H,1H3,(H,25,26). The summed E-state index contributed by atoms with van der Waals surface area (Å²) in [6.07, 6.45) is -13.0. The summed E-state index contributed by atoms with van der Waals surface area (Å²) in [5, 5.41) is 5.41. The molecule has 2 unspecified atom stereocenters. The average molecular weight is 1080 g/mol. The fourth-order valence-corrected chi connectivity index (χ4v) is 4.72. The van der Waals surface area contributed by atoms with E-state index < -0.39 is 88.9 Å². The zero-order valence-electron chi connectivity index (χ0n) is 30.1. The third-order valence-electron chi connectivity index (χ3n) is 7.50. The summed E-state index contributed by atoms with van der Waals surface area (Å²) in [6.45, 7) is 1.51. The minimum absolute atomic E-state index is 0.228. The highest BCUT2D eigenvalue weighted by atomic mass is 79.9. The molecular weight excluding hydrogens is 1060 g/mol. The van der Waals surface area contributed by atoms with Crippen LogP contribution < -0.4 is 21.3 Å². The molecule has 4 aromatic rings. The van der Waals surface area contributed by atoms with Crippen LogP contribution in [0.15, 0.2) is 70.4 Å². The molecule has 12 nitrogen and oxygen atoms in total. The smallest absolute Gasteiger partial charge is 0.358 e. The van der Waals surface area contributed by atoms with Gasteiger partial charge in [0.1, 0.15) is 17.2 Å². The van der Waals surface area contributed by atoms with Gasteiger partial charge in [-0.15, -0.1) is 0 Å². The van der Waals surface area contributed by atoms with Gasteiger partial charge in [0.2, 0.25) is 5.28 Å². The molecule has 4 heterocycles. The van der Waals surface area contributed by atoms with Gasteiger partial charge in [-0.1, -0.05) is 0 Å². The number of anilines is 2. The van der Waals surface area contributed by atoms with Crippen molar-refractivity contribution in [1.29, 1.82) is 0 Å². The first-order valence-electron chi connectivity index (χ1n) is 16.0. The SMILES string of the molecule is Cc1ncc(NC(NC(=O)c2ccc(Br)cn2)C(F)(F)C(F)(F)F)cn1.O=C(NC(Nc1cnc(Cl)nc1)C(F)(F)C(F)(F)C(F)(F)C(F)(F)C(F)(F)C(F)F)c1ccc(Br)cn1. The van der Waals surface area contributed by atoms with Gasteiger partial charge in [-0.25, -0.2) is 38.7 Å². The Morgan fingerprint density at radius 2 is 0.905 bits per heavy atom. The van der Waals surface area contributed by atoms with Crippen LogP contribution in [0.1, 0.15) is 26.8 Å². The van der Waals surface area contributed by atoms with E-state index in [-0.39, 0.29) is 21.7 Å². The Morgan fingerprint density at radius 1 is 0.540 bits per heavy atom. The van der Waals surface area contributed by atoms with Crippen molar-refractivity contribution in [2.45, 2.75) is 67.4 Å². The number of aromatic nitrogens is 6. The Labute approximate surface area is 361 Å². The van der Waals surface area contributed by atoms with Crippen LogP contribution in [0.5, 0.6) is 0 Å². The molecule has 0 bridgehead atoms. The summed E-state index contributed by atoms with van der Waals surface area (Å²) in [4.78, 5) is 45.2. The molecule has 0 aromatic carbocycles. The molecule has 4 aromatic heterocycles. The van der Waals surface area contributed by atoms with Crippen LogP contribution in [-0.4, -0.2) is 102 Å². The highest BCUT2D eigenvalue weighted by molar-refractivity contribution is 9.10. The number of amides is 2. The first-order valence-corrected chi connectivity index (χ1v) is 17.9. The van der Waals surface area contributed by atoms with E-state index >= 15 is 0 Å². The highest BCUT2D eigenvalue weighted by Gasteiger charge is 2.88. The largest absolute Gasteiger partial charge is 0.457 e. The first kappa shape index (κ1) is 52.4. The van der Waals surface area contributed by atoms with E-state index in [4.69, 9.17) is 11.6 Å². The number of nitrogens with one attached hydrogen (secondary N) is 4. The molecule has 0 aliphatic heterocycles. The summed E-state index contributed by atoms with van der Waals surface area (Å²) >= 11 is 11.3. The van der Waals surface area contributed by atoms with E-state index in [1.807, 2.05) is 5.32 Å². The summed E-state index contributed by atoms with van der Waals surface area (Å²) in [5.74, 6) is -44.8. The number of aryl methyl sites for hydroxylation is 1. The molecule has 0 radical (unpaired) electrons. The topological polar surface area (TPSA) is 160 Å². The maximum atomic E-state index is 14.8. The van der Waals surface area contributed by atoms with Gasteiger partial charge in [0.25, 0.3) is 11.8 Å². The Hall–Kier alpha value is -4.94. The number of rotatable bonds is 15. The van der Waals surface area contributed by atoms with Crippen LogP contribution >= 0.6 is 43.5 Å². The van der Waals surface area contributed by atoms with Crippen molar-refractivity contribution in [2.24, 2.45) is 0 Å². The number of alkyl halides is 17. The fraction of sp³-hybridized carbons (Fsp3) is 0.355. The number of halogens is 20. The van der Waals surface area contributed by atoms with Gasteiger partial charge < -0.3 is 21.3 Å². The van der Waals surface area contributed by atoms with Gasteiger partial charge in [0.15, 0.2) is 12.3 Å². The van der Waals surface area contributed by atoms with Crippen molar-refractivity contribution >= 4 is 66.6 Å². The lowest BCUT2D eigenvalue weighted by Crippen LogP contribution is -2.72. The molecule has 4 N–H and O–H groups in total. The number of nitrogens with zero attached hydrogens (tertiary/aromatic N) is 6. The van der Waals surface area contributed by atoms with E-state index in [1.165, 1.54) is 24.5 Å². The Balaban J connectivity index is 0.000000356. The molecule has 0 aliphatic rings. The molecule has 346 valence electrons. The lowest BCUT2D eigenvalue weighted by atomic mass is 9.93. The molecule has 0 fully saturated rings. The quantitative estimate of drug-likeness (QED) is 0.0514. The third-order valence-corrected chi connectivity index (χ3v) is 8.63. The lowest BCUT2D eigenvalue weighted by Gasteiger charge is -2.41. The zero-order valence-corrected chi connectivity index (χ0v) is 34.0. The number of carbonyl (C=O) groups excluding carboxylic acids is 2. The number of pyridine rings is 2. The second-order valence-electron chi connectivity index (χ2n) is 12.0. The van der Waals surface area contributed by atoms with Gasteiger partial charge in [0.05, 0.1) is 36.2 Å². The highest BCUT2D eigenvalue weighted by Crippen LogP contribution is 2.58. The van der Waals surface area contributed by atoms with Crippen LogP contribution in [0.2, 0.25) is 5.28 Å². The van der Waals surface area contributed by atoms with Crippen molar-refractivity contribution in [3.05, 3.63) is 92.9 Å². The van der Waals surface area contributed by atoms with Gasteiger partial charge in [-0.2, -0.15) is 65.9 Å². The van der Waals surface area contributed by atoms with E-state index in [2.05, 4.69) is 61.8 Å². The first-order chi connectivity index (χ1) is 28.7. The fourth-order valence-electron chi connectivity index (χ4n) is 4.15. The molecule has 63 heavy (non-hydrogen) atoms. The van der Waals surface area contributed by atoms with Crippen molar-refractivity contribution in [3.8, 4) is 0 Å². The van der Waals surface area contributed by atoms with Crippen LogP contribution in [0.4, 0.5) is 86.0 Å². The Morgan fingerprint density at radius 3 is 1.25 bits per heavy atom. The van der Waals surface area contributed by atoms with Crippen LogP contribution in [-0.2, 0) is 0 Å². The van der Waals surface area contributed by atoms with E-state index in [0.717, 1.165) is 42.1 Å². The summed E-state index contributed by atoms with van der Waals surface area (Å²) in [6, 6.07) is 4.48. The second-order valence-corrected chi connectivity index (χ2v) is 14.1. The van der Waals surface area contributed by atoms with Crippen LogP contribution in [0, 0.1) is 6.92 Å². The van der Waals surface area contributed by atoms with E-state index in [1.54, 1.807) is 5.32 Å². The van der Waals surface area contributed by atoms with Crippen LogP contribution in [0.25, 0.3) is 0 Å². The average Bonchev–Trinajstić information content (AvgIpc) is 3.18. The third kappa shape index (κ3) is 11.6. The maximum absolute atomic E-state index is 14.8. The Kier molecular flexibility index (Phi) is 16.2. The predicted molar refractivity (Wildman–Crippen MR) is 189 cm³/mol. The molecule has 0 aliphatic carbocycles. The van der Waals surface area contributed by atoms with Gasteiger partial charge in [-0.05, 0) is 74.7 Å². The second kappa shape index (κ2) is 19.4. The van der Waals surface area contributed by atoms with E-state index in [0.29, 0.717) is 16.9 Å². The minimum Gasteiger partial charge on any atom is -0.358 e. The molecular formula is C31H20Br2ClF17N10O2. The Bertz CT molecular complexity index is 2180. The molecule has 2 amide bonds. The molecule has 0 saturated carbocycles. The monoisotopic (exact) mass is 1080 g/mol. The molecule has 0 spiro atoms. The zero-order chi connectivity index (χ0) is 48.1. The van der Waals surface area contributed by atoms with Crippen molar-refractivity contribution < 1.29 is 84.2 Å². The number of hydrogen-bond acceptors (Lipinski definition) is 10. The van der Waals surface area contributed by atoms with Crippen LogP contribution in [0.3, 0.4) is 0 Å². The normalized spacial score (nSPS) is 13.9. The summed E-state index contributed by atoms with van der Waals surface area (Å²) in [5.41, 5.74) is -2.20. The molecule has 4 rings (SSSR count).